The van der Waals surface area contributed by atoms with Crippen molar-refractivity contribution in [3.8, 4) is 0 Å². The van der Waals surface area contributed by atoms with Gasteiger partial charge in [0.25, 0.3) is 0 Å². The lowest BCUT2D eigenvalue weighted by atomic mass is 9.88. The van der Waals surface area contributed by atoms with Crippen molar-refractivity contribution in [2.24, 2.45) is 11.8 Å². The Morgan fingerprint density at radius 1 is 1.29 bits per heavy atom. The van der Waals surface area contributed by atoms with Gasteiger partial charge in [-0.2, -0.15) is 11.8 Å². The van der Waals surface area contributed by atoms with Gasteiger partial charge >= 0.3 is 12.0 Å². The zero-order valence-corrected chi connectivity index (χ0v) is 13.7. The third-order valence-corrected chi connectivity index (χ3v) is 6.39. The van der Waals surface area contributed by atoms with E-state index in [0.29, 0.717) is 19.6 Å². The minimum atomic E-state index is -0.800. The van der Waals surface area contributed by atoms with Crippen LogP contribution in [0.3, 0.4) is 0 Å². The first-order valence-corrected chi connectivity index (χ1v) is 9.01. The highest BCUT2D eigenvalue weighted by Gasteiger charge is 2.38. The molecular weight excluding hydrogens is 288 g/mol. The number of nitrogens with zero attached hydrogens (tertiary/aromatic N) is 1. The van der Waals surface area contributed by atoms with Gasteiger partial charge in [0.05, 0.1) is 5.92 Å². The highest BCUT2D eigenvalue weighted by Crippen LogP contribution is 2.38. The molecule has 0 aromatic carbocycles. The summed E-state index contributed by atoms with van der Waals surface area (Å²) in [4.78, 5) is 25.0. The molecule has 1 aliphatic carbocycles. The lowest BCUT2D eigenvalue weighted by molar-refractivity contribution is -0.142. The van der Waals surface area contributed by atoms with Crippen LogP contribution in [0.15, 0.2) is 0 Å². The van der Waals surface area contributed by atoms with Crippen molar-refractivity contribution in [2.75, 3.05) is 25.9 Å². The van der Waals surface area contributed by atoms with E-state index >= 15 is 0 Å². The molecule has 0 aromatic rings. The summed E-state index contributed by atoms with van der Waals surface area (Å²) < 4.78 is 0.172. The summed E-state index contributed by atoms with van der Waals surface area (Å²) in [5.74, 6) is -1.21. The zero-order chi connectivity index (χ0) is 15.5. The number of carboxylic acids is 1. The van der Waals surface area contributed by atoms with E-state index in [4.69, 9.17) is 5.11 Å². The molecule has 2 amide bonds. The second-order valence-corrected chi connectivity index (χ2v) is 7.71. The summed E-state index contributed by atoms with van der Waals surface area (Å²) in [6, 6.07) is -0.107. The first kappa shape index (κ1) is 16.5. The van der Waals surface area contributed by atoms with E-state index in [1.165, 1.54) is 19.3 Å². The second kappa shape index (κ2) is 6.90. The molecule has 6 heteroatoms. The normalized spacial score (nSPS) is 28.4. The molecule has 2 rings (SSSR count). The highest BCUT2D eigenvalue weighted by molar-refractivity contribution is 8.00. The molecule has 2 fully saturated rings. The third-order valence-electron chi connectivity index (χ3n) is 4.98. The van der Waals surface area contributed by atoms with Gasteiger partial charge in [-0.1, -0.05) is 26.2 Å². The molecule has 0 bridgehead atoms. The van der Waals surface area contributed by atoms with Crippen LogP contribution in [-0.4, -0.2) is 52.6 Å². The van der Waals surface area contributed by atoms with Crippen molar-refractivity contribution in [2.45, 2.75) is 43.8 Å². The van der Waals surface area contributed by atoms with Gasteiger partial charge in [0.15, 0.2) is 0 Å². The predicted octanol–water partition coefficient (Wildman–Crippen LogP) is 2.41. The Balaban J connectivity index is 1.86. The van der Waals surface area contributed by atoms with Gasteiger partial charge in [0.1, 0.15) is 0 Å². The van der Waals surface area contributed by atoms with Gasteiger partial charge in [-0.25, -0.2) is 4.79 Å². The number of amides is 2. The number of carboxylic acid groups (broad SMARTS) is 1. The summed E-state index contributed by atoms with van der Waals surface area (Å²) in [7, 11) is 0. The first-order valence-electron chi connectivity index (χ1n) is 7.78. The van der Waals surface area contributed by atoms with E-state index in [2.05, 4.69) is 11.6 Å². The Kier molecular flexibility index (Phi) is 5.41. The number of rotatable bonds is 4. The molecular formula is C15H26N2O3S. The maximum atomic E-state index is 12.3. The molecule has 2 N–H and O–H groups in total. The molecule has 0 aromatic heterocycles. The number of nitrogens with one attached hydrogen (secondary N) is 1. The van der Waals surface area contributed by atoms with Crippen LogP contribution in [0.1, 0.15) is 39.0 Å². The van der Waals surface area contributed by atoms with Crippen LogP contribution in [0.5, 0.6) is 0 Å². The SMILES string of the molecule is CSC1(CNC(=O)N2CC(C)C(C(=O)O)C2)CCCCC1. The lowest BCUT2D eigenvalue weighted by Crippen LogP contribution is -2.46. The van der Waals surface area contributed by atoms with Crippen LogP contribution < -0.4 is 5.32 Å². The van der Waals surface area contributed by atoms with Gasteiger partial charge in [0, 0.05) is 24.4 Å². The lowest BCUT2D eigenvalue weighted by Gasteiger charge is -2.36. The summed E-state index contributed by atoms with van der Waals surface area (Å²) in [6.07, 6.45) is 8.19. The number of carbonyl (C=O) groups is 2. The van der Waals surface area contributed by atoms with E-state index in [9.17, 15) is 9.59 Å². The molecule has 2 aliphatic rings. The monoisotopic (exact) mass is 314 g/mol. The van der Waals surface area contributed by atoms with Crippen LogP contribution in [0.2, 0.25) is 0 Å². The van der Waals surface area contributed by atoms with Gasteiger partial charge in [-0.05, 0) is 25.0 Å². The molecule has 1 heterocycles. The van der Waals surface area contributed by atoms with Crippen molar-refractivity contribution in [3.05, 3.63) is 0 Å². The van der Waals surface area contributed by atoms with Crippen molar-refractivity contribution in [1.82, 2.24) is 10.2 Å². The molecule has 21 heavy (non-hydrogen) atoms. The largest absolute Gasteiger partial charge is 0.481 e. The Bertz CT molecular complexity index is 396. The van der Waals surface area contributed by atoms with Crippen molar-refractivity contribution < 1.29 is 14.7 Å². The fraction of sp³-hybridized carbons (Fsp3) is 0.867. The Morgan fingerprint density at radius 3 is 2.48 bits per heavy atom. The molecule has 2 unspecified atom stereocenters. The molecule has 1 saturated heterocycles. The zero-order valence-electron chi connectivity index (χ0n) is 12.9. The molecule has 1 saturated carbocycles. The Morgan fingerprint density at radius 2 is 1.95 bits per heavy atom. The number of thioether (sulfide) groups is 1. The summed E-state index contributed by atoms with van der Waals surface area (Å²) in [6.45, 7) is 3.45. The second-order valence-electron chi connectivity index (χ2n) is 6.43. The number of hydrogen-bond acceptors (Lipinski definition) is 3. The van der Waals surface area contributed by atoms with E-state index in [1.54, 1.807) is 4.90 Å². The average molecular weight is 314 g/mol. The molecule has 5 nitrogen and oxygen atoms in total. The molecule has 0 spiro atoms. The topological polar surface area (TPSA) is 69.6 Å². The van der Waals surface area contributed by atoms with Gasteiger partial charge < -0.3 is 15.3 Å². The molecule has 120 valence electrons. The number of carbonyl (C=O) groups excluding carboxylic acids is 1. The van der Waals surface area contributed by atoms with E-state index in [0.717, 1.165) is 12.8 Å². The minimum absolute atomic E-state index is 0.0254. The standard InChI is InChI=1S/C15H26N2O3S/c1-11-8-17(9-12(11)13(18)19)14(20)16-10-15(21-2)6-4-3-5-7-15/h11-12H,3-10H2,1-2H3,(H,16,20)(H,18,19). The number of hydrogen-bond donors (Lipinski definition) is 2. The van der Waals surface area contributed by atoms with Gasteiger partial charge in [-0.3, -0.25) is 4.79 Å². The minimum Gasteiger partial charge on any atom is -0.481 e. The Labute approximate surface area is 130 Å². The highest BCUT2D eigenvalue weighted by atomic mass is 32.2. The third kappa shape index (κ3) is 3.84. The summed E-state index contributed by atoms with van der Waals surface area (Å²) in [5, 5.41) is 12.2. The molecule has 2 atom stereocenters. The summed E-state index contributed by atoms with van der Waals surface area (Å²) in [5.41, 5.74) is 0. The number of likely N-dealkylation sites (tertiary alicyclic amines) is 1. The fourth-order valence-electron chi connectivity index (χ4n) is 3.45. The van der Waals surface area contributed by atoms with E-state index in [-0.39, 0.29) is 16.7 Å². The average Bonchev–Trinajstić information content (AvgIpc) is 2.88. The molecule has 1 aliphatic heterocycles. The van der Waals surface area contributed by atoms with Crippen molar-refractivity contribution in [1.29, 1.82) is 0 Å². The van der Waals surface area contributed by atoms with Crippen molar-refractivity contribution in [3.63, 3.8) is 0 Å². The quantitative estimate of drug-likeness (QED) is 0.836. The smallest absolute Gasteiger partial charge is 0.317 e. The van der Waals surface area contributed by atoms with E-state index in [1.807, 2.05) is 18.7 Å². The van der Waals surface area contributed by atoms with Crippen LogP contribution in [0.25, 0.3) is 0 Å². The maximum Gasteiger partial charge on any atom is 0.317 e. The fourth-order valence-corrected chi connectivity index (χ4v) is 4.37. The number of urea groups is 1. The van der Waals surface area contributed by atoms with Crippen molar-refractivity contribution >= 4 is 23.8 Å². The van der Waals surface area contributed by atoms with Crippen LogP contribution in [0.4, 0.5) is 4.79 Å². The van der Waals surface area contributed by atoms with E-state index < -0.39 is 11.9 Å². The van der Waals surface area contributed by atoms with Crippen LogP contribution in [0, 0.1) is 11.8 Å². The van der Waals surface area contributed by atoms with Gasteiger partial charge in [0.2, 0.25) is 0 Å². The molecule has 0 radical (unpaired) electrons. The van der Waals surface area contributed by atoms with Crippen LogP contribution >= 0.6 is 11.8 Å². The summed E-state index contributed by atoms with van der Waals surface area (Å²) >= 11 is 1.86. The first-order chi connectivity index (χ1) is 9.97. The maximum absolute atomic E-state index is 12.3. The Hall–Kier alpha value is -0.910. The van der Waals surface area contributed by atoms with Crippen LogP contribution in [-0.2, 0) is 4.79 Å². The number of aliphatic carboxylic acids is 1. The predicted molar refractivity (Wildman–Crippen MR) is 84.6 cm³/mol. The van der Waals surface area contributed by atoms with Gasteiger partial charge in [-0.15, -0.1) is 0 Å².